The number of hydrogen-bond donors (Lipinski definition) is 4. The number of aliphatic carboxylic acids is 1. The van der Waals surface area contributed by atoms with Crippen LogP contribution in [-0.4, -0.2) is 82.8 Å². The maximum atomic E-state index is 13.8. The van der Waals surface area contributed by atoms with E-state index in [1.54, 1.807) is 23.1 Å². The molecule has 1 saturated heterocycles. The van der Waals surface area contributed by atoms with Crippen LogP contribution in [0, 0.1) is 0 Å². The van der Waals surface area contributed by atoms with Gasteiger partial charge in [0.2, 0.25) is 5.91 Å². The third kappa shape index (κ3) is 9.58. The third-order valence-corrected chi connectivity index (χ3v) is 9.56. The fraction of sp³-hybridized carbons (Fsp3) is 0.262. The molecule has 0 bridgehead atoms. The van der Waals surface area contributed by atoms with Crippen molar-refractivity contribution in [2.45, 2.75) is 38.6 Å². The van der Waals surface area contributed by atoms with Crippen LogP contribution in [-0.2, 0) is 33.7 Å². The molecule has 5 aromatic rings. The van der Waals surface area contributed by atoms with E-state index in [0.717, 1.165) is 36.0 Å². The molecule has 1 aliphatic rings. The molecular formula is C42H43N5O7. The molecule has 1 aliphatic heterocycles. The number of methoxy groups -OCH3 is 1. The quantitative estimate of drug-likeness (QED) is 0.0992. The van der Waals surface area contributed by atoms with Gasteiger partial charge in [-0.2, -0.15) is 0 Å². The summed E-state index contributed by atoms with van der Waals surface area (Å²) in [6.45, 7) is 2.91. The lowest BCUT2D eigenvalue weighted by Crippen LogP contribution is -2.48. The third-order valence-electron chi connectivity index (χ3n) is 9.56. The first-order chi connectivity index (χ1) is 26.2. The smallest absolute Gasteiger partial charge is 0.337 e. The maximum absolute atomic E-state index is 13.8. The number of esters is 1. The number of hydrogen-bond acceptors (Lipinski definition) is 7. The first-order valence-electron chi connectivity index (χ1n) is 18.0. The van der Waals surface area contributed by atoms with Crippen molar-refractivity contribution in [3.8, 4) is 0 Å². The Hall–Kier alpha value is -6.27. The van der Waals surface area contributed by atoms with E-state index < -0.39 is 5.97 Å². The lowest BCUT2D eigenvalue weighted by Gasteiger charge is -2.34. The van der Waals surface area contributed by atoms with Crippen LogP contribution in [0.15, 0.2) is 97.1 Å². The molecule has 54 heavy (non-hydrogen) atoms. The molecule has 1 aromatic heterocycles. The Morgan fingerprint density at radius 2 is 1.41 bits per heavy atom. The number of fused-ring (bicyclic) bond motifs is 1. The number of carbonyl (C=O) groups excluding carboxylic acids is 4. The number of nitrogens with zero attached hydrogens (tertiary/aromatic N) is 2. The molecule has 0 atom stereocenters. The second-order valence-electron chi connectivity index (χ2n) is 13.3. The van der Waals surface area contributed by atoms with E-state index in [0.29, 0.717) is 71.8 Å². The van der Waals surface area contributed by atoms with Crippen molar-refractivity contribution in [2.24, 2.45) is 0 Å². The van der Waals surface area contributed by atoms with Gasteiger partial charge in [-0.25, -0.2) is 4.79 Å². The minimum absolute atomic E-state index is 0.0000569. The molecule has 0 spiro atoms. The van der Waals surface area contributed by atoms with Gasteiger partial charge in [0.1, 0.15) is 5.82 Å². The van der Waals surface area contributed by atoms with Crippen LogP contribution in [0.5, 0.6) is 0 Å². The zero-order chi connectivity index (χ0) is 38.0. The topological polar surface area (TPSA) is 161 Å². The number of benzene rings is 4. The van der Waals surface area contributed by atoms with Gasteiger partial charge in [0.05, 0.1) is 24.7 Å². The molecule has 0 radical (unpaired) electrons. The number of rotatable bonds is 14. The van der Waals surface area contributed by atoms with Crippen molar-refractivity contribution in [3.05, 3.63) is 130 Å². The van der Waals surface area contributed by atoms with Crippen molar-refractivity contribution >= 4 is 52.1 Å². The van der Waals surface area contributed by atoms with Gasteiger partial charge in [0.15, 0.2) is 0 Å². The Labute approximate surface area is 313 Å². The van der Waals surface area contributed by atoms with E-state index in [2.05, 4.69) is 20.5 Å². The molecule has 1 fully saturated rings. The highest BCUT2D eigenvalue weighted by Crippen LogP contribution is 2.28. The number of aryl methyl sites for hydroxylation is 2. The minimum atomic E-state index is -0.983. The Morgan fingerprint density at radius 3 is 2.09 bits per heavy atom. The van der Waals surface area contributed by atoms with Crippen LogP contribution in [0.2, 0.25) is 0 Å². The number of carboxylic acids is 1. The number of carbonyl (C=O) groups is 5. The molecule has 0 unspecified atom stereocenters. The Kier molecular flexibility index (Phi) is 12.1. The second kappa shape index (κ2) is 17.5. The molecule has 4 N–H and O–H groups in total. The number of carboxylic acid groups (broad SMARTS) is 1. The Balaban J connectivity index is 1.05. The average Bonchev–Trinajstić information content (AvgIpc) is 3.56. The molecule has 0 aliphatic carbocycles. The SMILES string of the molecule is COC(=O)c1ccc(CCCc2ccc(NC(=O)c3c(NC(=O)c4cccc(CN5CCN(C(=O)CCC(=O)O)CC5)c4)[nH]c4ccccc34)cc2)cc1. The van der Waals surface area contributed by atoms with Crippen molar-refractivity contribution < 1.29 is 33.8 Å². The van der Waals surface area contributed by atoms with Crippen LogP contribution in [0.4, 0.5) is 11.5 Å². The number of para-hydroxylation sites is 1. The maximum Gasteiger partial charge on any atom is 0.337 e. The van der Waals surface area contributed by atoms with E-state index >= 15 is 0 Å². The fourth-order valence-corrected chi connectivity index (χ4v) is 6.62. The number of amides is 3. The standard InChI is InChI=1S/C42H43N5O7/c1-54-42(53)31-16-12-28(13-17-31)6-4-7-29-14-18-33(19-15-29)43-41(52)38-34-10-2-3-11-35(34)44-39(38)45-40(51)32-9-5-8-30(26-32)27-46-22-24-47(25-23-46)36(48)20-21-37(49)50/h2-3,5,8-19,26,44H,4,6-7,20-25,27H2,1H3,(H,43,52)(H,45,51)(H,49,50). The van der Waals surface area contributed by atoms with Gasteiger partial charge in [-0.3, -0.25) is 24.1 Å². The number of aromatic amines is 1. The van der Waals surface area contributed by atoms with E-state index in [-0.39, 0.29) is 36.5 Å². The summed E-state index contributed by atoms with van der Waals surface area (Å²) in [7, 11) is 1.37. The van der Waals surface area contributed by atoms with Crippen molar-refractivity contribution in [1.29, 1.82) is 0 Å². The molecule has 12 nitrogen and oxygen atoms in total. The molecular weight excluding hydrogens is 686 g/mol. The molecule has 12 heteroatoms. The molecule has 278 valence electrons. The summed E-state index contributed by atoms with van der Waals surface area (Å²) in [5.41, 5.74) is 5.83. The largest absolute Gasteiger partial charge is 0.481 e. The number of nitrogens with one attached hydrogen (secondary N) is 3. The number of piperazine rings is 1. The van der Waals surface area contributed by atoms with Crippen molar-refractivity contribution in [3.63, 3.8) is 0 Å². The lowest BCUT2D eigenvalue weighted by atomic mass is 10.0. The van der Waals surface area contributed by atoms with E-state index in [1.165, 1.54) is 7.11 Å². The van der Waals surface area contributed by atoms with Crippen LogP contribution in [0.3, 0.4) is 0 Å². The Morgan fingerprint density at radius 1 is 0.722 bits per heavy atom. The second-order valence-corrected chi connectivity index (χ2v) is 13.3. The summed E-state index contributed by atoms with van der Waals surface area (Å²) in [4.78, 5) is 69.3. The van der Waals surface area contributed by atoms with Gasteiger partial charge in [0.25, 0.3) is 11.8 Å². The highest BCUT2D eigenvalue weighted by atomic mass is 16.5. The highest BCUT2D eigenvalue weighted by molar-refractivity contribution is 6.19. The molecule has 2 heterocycles. The summed E-state index contributed by atoms with van der Waals surface area (Å²) in [5, 5.41) is 15.5. The summed E-state index contributed by atoms with van der Waals surface area (Å²) >= 11 is 0. The van der Waals surface area contributed by atoms with Crippen LogP contribution in [0.25, 0.3) is 10.9 Å². The minimum Gasteiger partial charge on any atom is -0.481 e. The number of anilines is 2. The van der Waals surface area contributed by atoms with Crippen molar-refractivity contribution in [2.75, 3.05) is 43.9 Å². The summed E-state index contributed by atoms with van der Waals surface area (Å²) in [5.74, 6) is -1.91. The van der Waals surface area contributed by atoms with E-state index in [9.17, 15) is 24.0 Å². The Bertz CT molecular complexity index is 2130. The molecule has 0 saturated carbocycles. The van der Waals surface area contributed by atoms with E-state index in [4.69, 9.17) is 9.84 Å². The number of aromatic nitrogens is 1. The zero-order valence-electron chi connectivity index (χ0n) is 30.1. The molecule has 3 amide bonds. The summed E-state index contributed by atoms with van der Waals surface area (Å²) in [6, 6.07) is 29.8. The normalized spacial score (nSPS) is 13.0. The predicted molar refractivity (Wildman–Crippen MR) is 206 cm³/mol. The first kappa shape index (κ1) is 37.5. The first-order valence-corrected chi connectivity index (χ1v) is 18.0. The van der Waals surface area contributed by atoms with Crippen molar-refractivity contribution in [1.82, 2.24) is 14.8 Å². The van der Waals surface area contributed by atoms with Gasteiger partial charge >= 0.3 is 11.9 Å². The summed E-state index contributed by atoms with van der Waals surface area (Å²) in [6.07, 6.45) is 2.45. The monoisotopic (exact) mass is 729 g/mol. The van der Waals surface area contributed by atoms with Gasteiger partial charge in [0, 0.05) is 61.3 Å². The van der Waals surface area contributed by atoms with Crippen LogP contribution < -0.4 is 10.6 Å². The van der Waals surface area contributed by atoms with Gasteiger partial charge in [-0.15, -0.1) is 0 Å². The van der Waals surface area contributed by atoms with E-state index in [1.807, 2.05) is 78.9 Å². The van der Waals surface area contributed by atoms with Crippen LogP contribution in [0.1, 0.15) is 67.0 Å². The number of H-pyrrole nitrogens is 1. The van der Waals surface area contributed by atoms with Gasteiger partial charge in [-0.1, -0.05) is 54.6 Å². The summed E-state index contributed by atoms with van der Waals surface area (Å²) < 4.78 is 4.76. The van der Waals surface area contributed by atoms with Gasteiger partial charge < -0.3 is 30.4 Å². The highest BCUT2D eigenvalue weighted by Gasteiger charge is 2.23. The lowest BCUT2D eigenvalue weighted by molar-refractivity contribution is -0.141. The molecule has 4 aromatic carbocycles. The van der Waals surface area contributed by atoms with Gasteiger partial charge in [-0.05, 0) is 78.4 Å². The fourth-order valence-electron chi connectivity index (χ4n) is 6.62. The van der Waals surface area contributed by atoms with Crippen LogP contribution >= 0.6 is 0 Å². The average molecular weight is 730 g/mol. The predicted octanol–water partition coefficient (Wildman–Crippen LogP) is 6.14. The molecule has 6 rings (SSSR count). The zero-order valence-corrected chi connectivity index (χ0v) is 30.1. The number of ether oxygens (including phenoxy) is 1.